The van der Waals surface area contributed by atoms with Crippen molar-refractivity contribution in [2.24, 2.45) is 16.8 Å². The monoisotopic (exact) mass is 421 g/mol. The number of nitrogens with one attached hydrogen (secondary N) is 1. The van der Waals surface area contributed by atoms with Gasteiger partial charge in [0.15, 0.2) is 5.96 Å². The average molecular weight is 421 g/mol. The number of aliphatic imine (C=N–C) groups is 1. The molecule has 0 aliphatic carbocycles. The third-order valence-electron chi connectivity index (χ3n) is 4.26. The van der Waals surface area contributed by atoms with Gasteiger partial charge in [-0.15, -0.1) is 24.0 Å². The normalized spacial score (nSPS) is 26.2. The van der Waals surface area contributed by atoms with E-state index in [1.54, 1.807) is 0 Å². The molecule has 0 aromatic carbocycles. The number of halogens is 1. The fourth-order valence-corrected chi connectivity index (χ4v) is 3.36. The van der Waals surface area contributed by atoms with Gasteiger partial charge in [0.25, 0.3) is 0 Å². The van der Waals surface area contributed by atoms with Crippen LogP contribution in [0.15, 0.2) is 16.6 Å². The van der Waals surface area contributed by atoms with Crippen LogP contribution in [-0.4, -0.2) is 50.3 Å². The summed E-state index contributed by atoms with van der Waals surface area (Å²) in [4.78, 5) is 7.30. The molecule has 1 N–H and O–H groups in total. The van der Waals surface area contributed by atoms with Crippen LogP contribution in [-0.2, 0) is 4.74 Å². The summed E-state index contributed by atoms with van der Waals surface area (Å²) in [5.41, 5.74) is 1.50. The molecule has 22 heavy (non-hydrogen) atoms. The number of likely N-dealkylation sites (tertiary alicyclic amines) is 1. The minimum atomic E-state index is 0. The molecule has 0 amide bonds. The molecule has 1 fully saturated rings. The zero-order valence-electron chi connectivity index (χ0n) is 14.3. The highest BCUT2D eigenvalue weighted by Gasteiger charge is 2.23. The Labute approximate surface area is 152 Å². The molecule has 0 spiro atoms. The van der Waals surface area contributed by atoms with Crippen molar-refractivity contribution in [1.29, 1.82) is 0 Å². The first-order chi connectivity index (χ1) is 10.2. The van der Waals surface area contributed by atoms with E-state index >= 15 is 0 Å². The molecule has 2 atom stereocenters. The van der Waals surface area contributed by atoms with Gasteiger partial charge in [-0.25, -0.2) is 0 Å². The van der Waals surface area contributed by atoms with Crippen LogP contribution >= 0.6 is 24.0 Å². The minimum Gasteiger partial charge on any atom is -0.377 e. The van der Waals surface area contributed by atoms with Crippen molar-refractivity contribution in [3.05, 3.63) is 11.6 Å². The molecule has 4 nitrogen and oxygen atoms in total. The first kappa shape index (κ1) is 19.7. The summed E-state index contributed by atoms with van der Waals surface area (Å²) in [6.45, 7) is 12.6. The third kappa shape index (κ3) is 6.44. The van der Waals surface area contributed by atoms with E-state index in [9.17, 15) is 0 Å². The molecule has 2 unspecified atom stereocenters. The van der Waals surface area contributed by atoms with Gasteiger partial charge in [0.2, 0.25) is 0 Å². The Hall–Kier alpha value is -0.300. The SMILES string of the molecule is CCNC(=NCCC1=CCOCC1)N1CC(C)CC(C)C1.I. The highest BCUT2D eigenvalue weighted by atomic mass is 127. The maximum Gasteiger partial charge on any atom is 0.193 e. The van der Waals surface area contributed by atoms with Gasteiger partial charge in [0, 0.05) is 26.2 Å². The molecule has 2 rings (SSSR count). The lowest BCUT2D eigenvalue weighted by Gasteiger charge is -2.37. The predicted molar refractivity (Wildman–Crippen MR) is 104 cm³/mol. The van der Waals surface area contributed by atoms with Gasteiger partial charge in [-0.3, -0.25) is 4.99 Å². The number of ether oxygens (including phenoxy) is 1. The molecular formula is C17H32IN3O. The third-order valence-corrected chi connectivity index (χ3v) is 4.26. The fraction of sp³-hybridized carbons (Fsp3) is 0.824. The average Bonchev–Trinajstić information content (AvgIpc) is 2.46. The summed E-state index contributed by atoms with van der Waals surface area (Å²) in [5.74, 6) is 2.62. The van der Waals surface area contributed by atoms with E-state index in [1.807, 2.05) is 0 Å². The van der Waals surface area contributed by atoms with E-state index in [2.05, 4.69) is 37.1 Å². The lowest BCUT2D eigenvalue weighted by atomic mass is 9.92. The van der Waals surface area contributed by atoms with Gasteiger partial charge in [0.1, 0.15) is 0 Å². The zero-order valence-corrected chi connectivity index (χ0v) is 16.6. The number of piperidine rings is 1. The molecule has 1 saturated heterocycles. The Balaban J connectivity index is 0.00000242. The minimum absolute atomic E-state index is 0. The van der Waals surface area contributed by atoms with Gasteiger partial charge < -0.3 is 15.0 Å². The van der Waals surface area contributed by atoms with Crippen LogP contribution < -0.4 is 5.32 Å². The lowest BCUT2D eigenvalue weighted by molar-refractivity contribution is 0.153. The Morgan fingerprint density at radius 1 is 1.36 bits per heavy atom. The molecule has 0 aromatic rings. The van der Waals surface area contributed by atoms with Crippen LogP contribution in [0.25, 0.3) is 0 Å². The molecule has 0 radical (unpaired) electrons. The summed E-state index contributed by atoms with van der Waals surface area (Å²) in [6.07, 6.45) is 5.70. The Morgan fingerprint density at radius 3 is 2.68 bits per heavy atom. The number of nitrogens with zero attached hydrogens (tertiary/aromatic N) is 2. The molecule has 2 aliphatic rings. The zero-order chi connectivity index (χ0) is 15.1. The van der Waals surface area contributed by atoms with Crippen molar-refractivity contribution in [1.82, 2.24) is 10.2 Å². The lowest BCUT2D eigenvalue weighted by Crippen LogP contribution is -2.48. The van der Waals surface area contributed by atoms with Crippen molar-refractivity contribution >= 4 is 29.9 Å². The second-order valence-corrected chi connectivity index (χ2v) is 6.52. The predicted octanol–water partition coefficient (Wildman–Crippen LogP) is 3.28. The molecule has 5 heteroatoms. The first-order valence-electron chi connectivity index (χ1n) is 8.48. The van der Waals surface area contributed by atoms with Crippen molar-refractivity contribution in [2.45, 2.75) is 40.0 Å². The van der Waals surface area contributed by atoms with Crippen LogP contribution in [0.1, 0.15) is 40.0 Å². The summed E-state index contributed by atoms with van der Waals surface area (Å²) in [5, 5.41) is 3.46. The van der Waals surface area contributed by atoms with E-state index in [0.717, 1.165) is 70.0 Å². The Morgan fingerprint density at radius 2 is 2.09 bits per heavy atom. The van der Waals surface area contributed by atoms with Crippen LogP contribution in [0.2, 0.25) is 0 Å². The maximum absolute atomic E-state index is 5.35. The number of hydrogen-bond donors (Lipinski definition) is 1. The van der Waals surface area contributed by atoms with Crippen LogP contribution in [0.4, 0.5) is 0 Å². The summed E-state index contributed by atoms with van der Waals surface area (Å²) < 4.78 is 5.35. The van der Waals surface area contributed by atoms with Crippen LogP contribution in [0.3, 0.4) is 0 Å². The second kappa shape index (κ2) is 10.5. The van der Waals surface area contributed by atoms with Crippen LogP contribution in [0.5, 0.6) is 0 Å². The molecule has 2 aliphatic heterocycles. The van der Waals surface area contributed by atoms with Crippen molar-refractivity contribution < 1.29 is 4.74 Å². The van der Waals surface area contributed by atoms with E-state index in [4.69, 9.17) is 9.73 Å². The van der Waals surface area contributed by atoms with E-state index < -0.39 is 0 Å². The fourth-order valence-electron chi connectivity index (χ4n) is 3.36. The van der Waals surface area contributed by atoms with Crippen molar-refractivity contribution in [3.8, 4) is 0 Å². The van der Waals surface area contributed by atoms with Gasteiger partial charge in [-0.2, -0.15) is 0 Å². The topological polar surface area (TPSA) is 36.9 Å². The van der Waals surface area contributed by atoms with E-state index in [-0.39, 0.29) is 24.0 Å². The second-order valence-electron chi connectivity index (χ2n) is 6.52. The molecule has 0 aromatic heterocycles. The maximum atomic E-state index is 5.35. The summed E-state index contributed by atoms with van der Waals surface area (Å²) in [7, 11) is 0. The van der Waals surface area contributed by atoms with Crippen LogP contribution in [0, 0.1) is 11.8 Å². The van der Waals surface area contributed by atoms with Crippen molar-refractivity contribution in [2.75, 3.05) is 39.4 Å². The molecule has 0 saturated carbocycles. The molecule has 2 heterocycles. The highest BCUT2D eigenvalue weighted by molar-refractivity contribution is 14.0. The van der Waals surface area contributed by atoms with E-state index in [1.165, 1.54) is 12.0 Å². The largest absolute Gasteiger partial charge is 0.377 e. The van der Waals surface area contributed by atoms with Gasteiger partial charge in [0.05, 0.1) is 13.2 Å². The van der Waals surface area contributed by atoms with Gasteiger partial charge in [-0.05, 0) is 38.0 Å². The highest BCUT2D eigenvalue weighted by Crippen LogP contribution is 2.21. The van der Waals surface area contributed by atoms with Crippen molar-refractivity contribution in [3.63, 3.8) is 0 Å². The molecule has 0 bridgehead atoms. The first-order valence-corrected chi connectivity index (χ1v) is 8.48. The van der Waals surface area contributed by atoms with Gasteiger partial charge in [-0.1, -0.05) is 25.5 Å². The van der Waals surface area contributed by atoms with Gasteiger partial charge >= 0.3 is 0 Å². The standard InChI is InChI=1S/C17H31N3O.HI/c1-4-18-17(20-12-14(2)11-15(3)13-20)19-8-5-16-6-9-21-10-7-16;/h6,14-15H,4-5,7-13H2,1-3H3,(H,18,19);1H. The number of rotatable bonds is 4. The summed E-state index contributed by atoms with van der Waals surface area (Å²) in [6, 6.07) is 0. The molecule has 128 valence electrons. The molecular weight excluding hydrogens is 389 g/mol. The number of guanidine groups is 1. The smallest absolute Gasteiger partial charge is 0.193 e. The Bertz CT molecular complexity index is 374. The quantitative estimate of drug-likeness (QED) is 0.328. The summed E-state index contributed by atoms with van der Waals surface area (Å²) >= 11 is 0. The number of hydrogen-bond acceptors (Lipinski definition) is 2. The van der Waals surface area contributed by atoms with E-state index in [0.29, 0.717) is 0 Å². The Kier molecular flexibility index (Phi) is 9.40.